The van der Waals surface area contributed by atoms with Gasteiger partial charge >= 0.3 is 11.9 Å². The van der Waals surface area contributed by atoms with Crippen LogP contribution in [-0.2, 0) is 14.2 Å². The lowest BCUT2D eigenvalue weighted by atomic mass is 10.1. The molecule has 3 aromatic rings. The van der Waals surface area contributed by atoms with Crippen LogP contribution in [0.1, 0.15) is 27.3 Å². The van der Waals surface area contributed by atoms with E-state index in [1.54, 1.807) is 18.2 Å². The van der Waals surface area contributed by atoms with Crippen molar-refractivity contribution in [2.45, 2.75) is 6.42 Å². The molecule has 1 fully saturated rings. The van der Waals surface area contributed by atoms with Crippen molar-refractivity contribution in [3.63, 3.8) is 0 Å². The van der Waals surface area contributed by atoms with Crippen molar-refractivity contribution >= 4 is 11.9 Å². The zero-order chi connectivity index (χ0) is 24.6. The van der Waals surface area contributed by atoms with Gasteiger partial charge in [0.25, 0.3) is 0 Å². The van der Waals surface area contributed by atoms with Crippen molar-refractivity contribution in [2.75, 3.05) is 53.7 Å². The van der Waals surface area contributed by atoms with E-state index in [4.69, 9.17) is 18.9 Å². The van der Waals surface area contributed by atoms with E-state index in [1.165, 1.54) is 18.9 Å². The second-order valence-electron chi connectivity index (χ2n) is 7.99. The van der Waals surface area contributed by atoms with E-state index >= 15 is 0 Å². The Kier molecular flexibility index (Phi) is 8.12. The first kappa shape index (κ1) is 24.4. The minimum Gasteiger partial charge on any atom is -0.494 e. The third kappa shape index (κ3) is 5.70. The molecule has 2 heterocycles. The maximum Gasteiger partial charge on any atom is 0.357 e. The van der Waals surface area contributed by atoms with Crippen LogP contribution in [0.4, 0.5) is 0 Å². The van der Waals surface area contributed by atoms with E-state index < -0.39 is 11.9 Å². The first-order valence-electron chi connectivity index (χ1n) is 11.5. The molecule has 0 unspecified atom stereocenters. The Hall–Kier alpha value is -3.69. The van der Waals surface area contributed by atoms with Crippen molar-refractivity contribution in [3.8, 4) is 22.7 Å². The quantitative estimate of drug-likeness (QED) is 0.341. The number of carbonyl (C=O) groups is 2. The van der Waals surface area contributed by atoms with Gasteiger partial charge in [0.15, 0.2) is 5.69 Å². The fourth-order valence-electron chi connectivity index (χ4n) is 3.99. The standard InChI is InChI=1S/C26H29N3O6/c1-32-25(30)22-23(27-29(24(22)26(31)33-2)20-9-4-3-5-10-20)19-8-6-11-21(18-19)35-15-7-12-28-13-16-34-17-14-28/h3-6,8-11,18H,7,12-17H2,1-2H3. The molecule has 0 amide bonds. The van der Waals surface area contributed by atoms with Crippen LogP contribution in [0.2, 0.25) is 0 Å². The van der Waals surface area contributed by atoms with Gasteiger partial charge in [-0.3, -0.25) is 4.90 Å². The molecule has 1 aliphatic heterocycles. The minimum atomic E-state index is -0.691. The van der Waals surface area contributed by atoms with Crippen LogP contribution in [0.3, 0.4) is 0 Å². The van der Waals surface area contributed by atoms with E-state index in [9.17, 15) is 9.59 Å². The monoisotopic (exact) mass is 479 g/mol. The van der Waals surface area contributed by atoms with E-state index in [-0.39, 0.29) is 11.3 Å². The number of nitrogens with zero attached hydrogens (tertiary/aromatic N) is 3. The molecule has 0 atom stereocenters. The van der Waals surface area contributed by atoms with Crippen molar-refractivity contribution in [3.05, 3.63) is 65.9 Å². The fourth-order valence-corrected chi connectivity index (χ4v) is 3.99. The van der Waals surface area contributed by atoms with Gasteiger partial charge in [0.05, 0.1) is 39.7 Å². The third-order valence-corrected chi connectivity index (χ3v) is 5.75. The summed E-state index contributed by atoms with van der Waals surface area (Å²) in [5.41, 5.74) is 1.57. The van der Waals surface area contributed by atoms with Gasteiger partial charge in [0.1, 0.15) is 17.0 Å². The van der Waals surface area contributed by atoms with Crippen molar-refractivity contribution in [2.24, 2.45) is 0 Å². The SMILES string of the molecule is COC(=O)c1c(-c2cccc(OCCCN3CCOCC3)c2)nn(-c2ccccc2)c1C(=O)OC. The Morgan fingerprint density at radius 2 is 1.71 bits per heavy atom. The van der Waals surface area contributed by atoms with E-state index in [0.29, 0.717) is 29.3 Å². The van der Waals surface area contributed by atoms with E-state index in [2.05, 4.69) is 10.00 Å². The van der Waals surface area contributed by atoms with Gasteiger partial charge in [-0.15, -0.1) is 0 Å². The summed E-state index contributed by atoms with van der Waals surface area (Å²) in [6.07, 6.45) is 0.882. The summed E-state index contributed by atoms with van der Waals surface area (Å²) < 4.78 is 22.7. The summed E-state index contributed by atoms with van der Waals surface area (Å²) in [6.45, 7) is 4.93. The Balaban J connectivity index is 1.62. The molecule has 0 aliphatic carbocycles. The molecule has 184 valence electrons. The van der Waals surface area contributed by atoms with Crippen molar-refractivity contribution in [1.29, 1.82) is 0 Å². The van der Waals surface area contributed by atoms with Crippen LogP contribution in [0, 0.1) is 0 Å². The smallest absolute Gasteiger partial charge is 0.357 e. The number of hydrogen-bond acceptors (Lipinski definition) is 8. The molecule has 0 spiro atoms. The number of hydrogen-bond donors (Lipinski definition) is 0. The molecule has 1 saturated heterocycles. The van der Waals surface area contributed by atoms with Gasteiger partial charge in [-0.25, -0.2) is 14.3 Å². The molecule has 1 aromatic heterocycles. The summed E-state index contributed by atoms with van der Waals surface area (Å²) >= 11 is 0. The number of rotatable bonds is 9. The predicted octanol–water partition coefficient (Wildman–Crippen LogP) is 3.21. The van der Waals surface area contributed by atoms with E-state index in [1.807, 2.05) is 36.4 Å². The number of carbonyl (C=O) groups excluding carboxylic acids is 2. The van der Waals surface area contributed by atoms with Gasteiger partial charge < -0.3 is 18.9 Å². The lowest BCUT2D eigenvalue weighted by molar-refractivity contribution is 0.0358. The highest BCUT2D eigenvalue weighted by Gasteiger charge is 2.31. The number of morpholine rings is 1. The lowest BCUT2D eigenvalue weighted by Crippen LogP contribution is -2.37. The average molecular weight is 480 g/mol. The number of aromatic nitrogens is 2. The Morgan fingerprint density at radius 3 is 2.43 bits per heavy atom. The van der Waals surface area contributed by atoms with Gasteiger partial charge in [-0.2, -0.15) is 5.10 Å². The molecular weight excluding hydrogens is 450 g/mol. The van der Waals surface area contributed by atoms with Crippen molar-refractivity contribution < 1.29 is 28.5 Å². The van der Waals surface area contributed by atoms with E-state index in [0.717, 1.165) is 39.3 Å². The Bertz CT molecular complexity index is 1160. The number of methoxy groups -OCH3 is 2. The lowest BCUT2D eigenvalue weighted by Gasteiger charge is -2.26. The van der Waals surface area contributed by atoms with Crippen LogP contribution >= 0.6 is 0 Å². The number of para-hydroxylation sites is 1. The van der Waals surface area contributed by atoms with Crippen LogP contribution in [-0.4, -0.2) is 80.3 Å². The number of benzene rings is 2. The first-order chi connectivity index (χ1) is 17.1. The second-order valence-corrected chi connectivity index (χ2v) is 7.99. The Labute approximate surface area is 204 Å². The molecular formula is C26H29N3O6. The molecule has 1 aliphatic rings. The van der Waals surface area contributed by atoms with Crippen LogP contribution in [0.25, 0.3) is 16.9 Å². The molecule has 0 N–H and O–H groups in total. The van der Waals surface area contributed by atoms with Gasteiger partial charge in [-0.05, 0) is 30.7 Å². The summed E-state index contributed by atoms with van der Waals surface area (Å²) in [5.74, 6) is -0.725. The number of ether oxygens (including phenoxy) is 4. The predicted molar refractivity (Wildman–Crippen MR) is 129 cm³/mol. The maximum atomic E-state index is 12.8. The Morgan fingerprint density at radius 1 is 0.971 bits per heavy atom. The highest BCUT2D eigenvalue weighted by atomic mass is 16.5. The molecule has 35 heavy (non-hydrogen) atoms. The van der Waals surface area contributed by atoms with Gasteiger partial charge in [0.2, 0.25) is 0 Å². The zero-order valence-electron chi connectivity index (χ0n) is 19.9. The topological polar surface area (TPSA) is 92.1 Å². The molecule has 0 radical (unpaired) electrons. The maximum absolute atomic E-state index is 12.8. The highest BCUT2D eigenvalue weighted by Crippen LogP contribution is 2.31. The second kappa shape index (κ2) is 11.6. The number of esters is 2. The third-order valence-electron chi connectivity index (χ3n) is 5.75. The van der Waals surface area contributed by atoms with Crippen LogP contribution in [0.15, 0.2) is 54.6 Å². The molecule has 9 nitrogen and oxygen atoms in total. The highest BCUT2D eigenvalue weighted by molar-refractivity contribution is 6.06. The van der Waals surface area contributed by atoms with Crippen LogP contribution in [0.5, 0.6) is 5.75 Å². The summed E-state index contributed by atoms with van der Waals surface area (Å²) in [5, 5.41) is 4.63. The van der Waals surface area contributed by atoms with Crippen LogP contribution < -0.4 is 4.74 Å². The normalized spacial score (nSPS) is 13.9. The molecule has 2 aromatic carbocycles. The molecule has 4 rings (SSSR count). The zero-order valence-corrected chi connectivity index (χ0v) is 19.9. The van der Waals surface area contributed by atoms with Crippen molar-refractivity contribution in [1.82, 2.24) is 14.7 Å². The summed E-state index contributed by atoms with van der Waals surface area (Å²) in [6, 6.07) is 16.4. The summed E-state index contributed by atoms with van der Waals surface area (Å²) in [4.78, 5) is 27.9. The fraction of sp³-hybridized carbons (Fsp3) is 0.346. The first-order valence-corrected chi connectivity index (χ1v) is 11.5. The largest absolute Gasteiger partial charge is 0.494 e. The van der Waals surface area contributed by atoms with Gasteiger partial charge in [-0.1, -0.05) is 30.3 Å². The average Bonchev–Trinajstić information content (AvgIpc) is 3.32. The van der Waals surface area contributed by atoms with Gasteiger partial charge in [0, 0.05) is 25.2 Å². The summed E-state index contributed by atoms with van der Waals surface area (Å²) in [7, 11) is 2.53. The molecule has 9 heteroatoms. The molecule has 0 bridgehead atoms. The minimum absolute atomic E-state index is 0.00242. The molecule has 0 saturated carbocycles.